The van der Waals surface area contributed by atoms with Gasteiger partial charge in [-0.2, -0.15) is 0 Å². The molecular weight excluding hydrogens is 328 g/mol. The lowest BCUT2D eigenvalue weighted by molar-refractivity contribution is 0.0248. The predicted molar refractivity (Wildman–Crippen MR) is 98.1 cm³/mol. The van der Waals surface area contributed by atoms with Gasteiger partial charge in [0, 0.05) is 6.08 Å². The average molecular weight is 344 g/mol. The fourth-order valence-electron chi connectivity index (χ4n) is 2.21. The van der Waals surface area contributed by atoms with Crippen molar-refractivity contribution in [2.75, 3.05) is 0 Å². The molecule has 3 rings (SSSR count). The standard InChI is InChI=1S/C22H16O4/c23-21(18-12-6-2-7-13-18)25-20(16-17-10-4-1-5-11-17)26-22(24)19-14-8-3-9-15-19/h1-16H. The van der Waals surface area contributed by atoms with Gasteiger partial charge >= 0.3 is 11.9 Å². The van der Waals surface area contributed by atoms with E-state index in [1.807, 2.05) is 30.3 Å². The van der Waals surface area contributed by atoms with Crippen molar-refractivity contribution < 1.29 is 19.1 Å². The van der Waals surface area contributed by atoms with Crippen LogP contribution < -0.4 is 0 Å². The van der Waals surface area contributed by atoms with Crippen LogP contribution in [0.3, 0.4) is 0 Å². The van der Waals surface area contributed by atoms with Gasteiger partial charge in [-0.15, -0.1) is 0 Å². The van der Waals surface area contributed by atoms with Gasteiger partial charge in [0.05, 0.1) is 11.1 Å². The van der Waals surface area contributed by atoms with Crippen molar-refractivity contribution in [1.29, 1.82) is 0 Å². The van der Waals surface area contributed by atoms with Crippen LogP contribution in [0.5, 0.6) is 0 Å². The van der Waals surface area contributed by atoms with E-state index < -0.39 is 11.9 Å². The van der Waals surface area contributed by atoms with Gasteiger partial charge in [0.15, 0.2) is 0 Å². The lowest BCUT2D eigenvalue weighted by Crippen LogP contribution is -2.11. The van der Waals surface area contributed by atoms with Crippen molar-refractivity contribution in [3.8, 4) is 0 Å². The first-order valence-electron chi connectivity index (χ1n) is 8.03. The van der Waals surface area contributed by atoms with E-state index >= 15 is 0 Å². The smallest absolute Gasteiger partial charge is 0.345 e. The summed E-state index contributed by atoms with van der Waals surface area (Å²) in [5, 5.41) is 0. The maximum Gasteiger partial charge on any atom is 0.345 e. The van der Waals surface area contributed by atoms with E-state index in [1.165, 1.54) is 6.08 Å². The zero-order valence-corrected chi connectivity index (χ0v) is 13.9. The number of carbonyl (C=O) groups is 2. The summed E-state index contributed by atoms with van der Waals surface area (Å²) in [6.45, 7) is 0. The Bertz CT molecular complexity index is 845. The van der Waals surface area contributed by atoms with Gasteiger partial charge in [-0.3, -0.25) is 0 Å². The molecule has 0 fully saturated rings. The Labute approximate surface area is 151 Å². The molecule has 0 amide bonds. The molecule has 0 aromatic heterocycles. The minimum Gasteiger partial charge on any atom is -0.389 e. The highest BCUT2D eigenvalue weighted by Gasteiger charge is 2.16. The van der Waals surface area contributed by atoms with Crippen molar-refractivity contribution >= 4 is 18.0 Å². The molecule has 0 N–H and O–H groups in total. The Balaban J connectivity index is 1.83. The highest BCUT2D eigenvalue weighted by Crippen LogP contribution is 2.15. The Morgan fingerprint density at radius 3 is 1.38 bits per heavy atom. The van der Waals surface area contributed by atoms with Crippen molar-refractivity contribution in [3.05, 3.63) is 114 Å². The molecule has 26 heavy (non-hydrogen) atoms. The van der Waals surface area contributed by atoms with E-state index in [4.69, 9.17) is 9.47 Å². The molecule has 4 nitrogen and oxygen atoms in total. The average Bonchev–Trinajstić information content (AvgIpc) is 2.70. The van der Waals surface area contributed by atoms with E-state index in [-0.39, 0.29) is 5.95 Å². The molecule has 0 saturated carbocycles. The molecule has 3 aromatic rings. The molecule has 0 unspecified atom stereocenters. The first-order chi connectivity index (χ1) is 12.7. The van der Waals surface area contributed by atoms with Gasteiger partial charge in [0.25, 0.3) is 5.95 Å². The van der Waals surface area contributed by atoms with E-state index in [1.54, 1.807) is 60.7 Å². The number of benzene rings is 3. The molecule has 0 bridgehead atoms. The van der Waals surface area contributed by atoms with Gasteiger partial charge in [0.2, 0.25) is 0 Å². The van der Waals surface area contributed by atoms with Crippen LogP contribution in [-0.2, 0) is 9.47 Å². The molecule has 3 aromatic carbocycles. The summed E-state index contributed by atoms with van der Waals surface area (Å²) >= 11 is 0. The predicted octanol–water partition coefficient (Wildman–Crippen LogP) is 4.70. The molecule has 0 radical (unpaired) electrons. The number of ether oxygens (including phenoxy) is 2. The molecule has 0 aliphatic rings. The summed E-state index contributed by atoms with van der Waals surface area (Å²) < 4.78 is 10.6. The summed E-state index contributed by atoms with van der Waals surface area (Å²) in [4.78, 5) is 24.6. The van der Waals surface area contributed by atoms with Crippen LogP contribution in [-0.4, -0.2) is 11.9 Å². The normalized spacial score (nSPS) is 9.85. The van der Waals surface area contributed by atoms with E-state index in [9.17, 15) is 9.59 Å². The third-order valence-electron chi connectivity index (χ3n) is 3.49. The third-order valence-corrected chi connectivity index (χ3v) is 3.49. The van der Waals surface area contributed by atoms with Gasteiger partial charge in [-0.1, -0.05) is 66.7 Å². The van der Waals surface area contributed by atoms with E-state index in [2.05, 4.69) is 0 Å². The molecule has 0 heterocycles. The van der Waals surface area contributed by atoms with Gasteiger partial charge in [-0.05, 0) is 29.8 Å². The summed E-state index contributed by atoms with van der Waals surface area (Å²) in [6, 6.07) is 26.2. The second-order valence-electron chi connectivity index (χ2n) is 5.39. The first-order valence-corrected chi connectivity index (χ1v) is 8.03. The van der Waals surface area contributed by atoms with Gasteiger partial charge in [-0.25, -0.2) is 9.59 Å². The first kappa shape index (κ1) is 17.2. The van der Waals surface area contributed by atoms with Gasteiger partial charge in [0.1, 0.15) is 0 Å². The van der Waals surface area contributed by atoms with Gasteiger partial charge < -0.3 is 9.47 Å². The van der Waals surface area contributed by atoms with Crippen LogP contribution in [0.4, 0.5) is 0 Å². The monoisotopic (exact) mass is 344 g/mol. The molecule has 0 aliphatic carbocycles. The van der Waals surface area contributed by atoms with E-state index in [0.717, 1.165) is 5.56 Å². The van der Waals surface area contributed by atoms with Crippen molar-refractivity contribution in [2.45, 2.75) is 0 Å². The molecule has 4 heteroatoms. The lowest BCUT2D eigenvalue weighted by atomic mass is 10.2. The summed E-state index contributed by atoms with van der Waals surface area (Å²) in [5.74, 6) is -1.39. The largest absolute Gasteiger partial charge is 0.389 e. The number of hydrogen-bond donors (Lipinski definition) is 0. The third kappa shape index (κ3) is 4.68. The van der Waals surface area contributed by atoms with Crippen LogP contribution in [0.25, 0.3) is 6.08 Å². The SMILES string of the molecule is O=C(OC(=Cc1ccccc1)OC(=O)c1ccccc1)c1ccccc1. The second-order valence-corrected chi connectivity index (χ2v) is 5.39. The molecule has 0 saturated heterocycles. The maximum absolute atomic E-state index is 12.3. The summed E-state index contributed by atoms with van der Waals surface area (Å²) in [5.41, 5.74) is 1.47. The zero-order valence-electron chi connectivity index (χ0n) is 13.9. The zero-order chi connectivity index (χ0) is 18.2. The van der Waals surface area contributed by atoms with Crippen LogP contribution in [0, 0.1) is 0 Å². The number of esters is 2. The Hall–Kier alpha value is -3.66. The fourth-order valence-corrected chi connectivity index (χ4v) is 2.21. The Kier molecular flexibility index (Phi) is 5.58. The fraction of sp³-hybridized carbons (Fsp3) is 0. The molecular formula is C22H16O4. The minimum atomic E-state index is -0.603. The topological polar surface area (TPSA) is 52.6 Å². The Morgan fingerprint density at radius 2 is 0.962 bits per heavy atom. The summed E-state index contributed by atoms with van der Waals surface area (Å²) in [7, 11) is 0. The highest BCUT2D eigenvalue weighted by molar-refractivity contribution is 5.92. The minimum absolute atomic E-state index is 0.182. The molecule has 0 spiro atoms. The van der Waals surface area contributed by atoms with E-state index in [0.29, 0.717) is 11.1 Å². The Morgan fingerprint density at radius 1 is 0.577 bits per heavy atom. The van der Waals surface area contributed by atoms with Crippen molar-refractivity contribution in [2.24, 2.45) is 0 Å². The molecule has 0 aliphatic heterocycles. The van der Waals surface area contributed by atoms with Crippen molar-refractivity contribution in [1.82, 2.24) is 0 Å². The van der Waals surface area contributed by atoms with Crippen LogP contribution in [0.1, 0.15) is 26.3 Å². The number of rotatable bonds is 5. The van der Waals surface area contributed by atoms with Crippen molar-refractivity contribution in [3.63, 3.8) is 0 Å². The molecule has 128 valence electrons. The molecule has 0 atom stereocenters. The number of carbonyl (C=O) groups excluding carboxylic acids is 2. The second kappa shape index (κ2) is 8.44. The maximum atomic E-state index is 12.3. The highest BCUT2D eigenvalue weighted by atomic mass is 16.7. The quantitative estimate of drug-likeness (QED) is 0.497. The van der Waals surface area contributed by atoms with Crippen LogP contribution in [0.15, 0.2) is 96.9 Å². The number of hydrogen-bond acceptors (Lipinski definition) is 4. The van der Waals surface area contributed by atoms with Crippen LogP contribution >= 0.6 is 0 Å². The van der Waals surface area contributed by atoms with Crippen LogP contribution in [0.2, 0.25) is 0 Å². The summed E-state index contributed by atoms with van der Waals surface area (Å²) in [6.07, 6.45) is 1.50. The lowest BCUT2D eigenvalue weighted by Gasteiger charge is -2.09.